The lowest BCUT2D eigenvalue weighted by Gasteiger charge is -2.33. The van der Waals surface area contributed by atoms with Crippen LogP contribution in [0.3, 0.4) is 0 Å². The number of sulfonamides is 1. The van der Waals surface area contributed by atoms with Crippen molar-refractivity contribution in [1.29, 1.82) is 0 Å². The van der Waals surface area contributed by atoms with Crippen LogP contribution in [0.5, 0.6) is 0 Å². The highest BCUT2D eigenvalue weighted by molar-refractivity contribution is 7.92. The van der Waals surface area contributed by atoms with Gasteiger partial charge in [0.2, 0.25) is 10.0 Å². The second-order valence-electron chi connectivity index (χ2n) is 7.61. The summed E-state index contributed by atoms with van der Waals surface area (Å²) in [5.41, 5.74) is 4.43. The molecule has 0 bridgehead atoms. The Labute approximate surface area is 162 Å². The van der Waals surface area contributed by atoms with Crippen LogP contribution in [0.2, 0.25) is 0 Å². The lowest BCUT2D eigenvalue weighted by atomic mass is 10.0. The smallest absolute Gasteiger partial charge is 0.232 e. The van der Waals surface area contributed by atoms with Crippen LogP contribution < -0.4 is 9.62 Å². The average Bonchev–Trinajstić information content (AvgIpc) is 3.08. The fraction of sp³-hybridized carbons (Fsp3) is 0.429. The molecule has 144 valence electrons. The molecule has 0 radical (unpaired) electrons. The SMILES string of the molecule is CS(=O)(=O)N1CCc2cc(NC3CCN(Cc4ccccc4)CC3)ccc21. The molecule has 0 atom stereocenters. The zero-order valence-corrected chi connectivity index (χ0v) is 16.6. The van der Waals surface area contributed by atoms with E-state index in [2.05, 4.69) is 46.6 Å². The van der Waals surface area contributed by atoms with E-state index in [4.69, 9.17) is 0 Å². The molecule has 0 unspecified atom stereocenters. The fourth-order valence-electron chi connectivity index (χ4n) is 4.12. The lowest BCUT2D eigenvalue weighted by Crippen LogP contribution is -2.38. The van der Waals surface area contributed by atoms with Crippen molar-refractivity contribution in [3.8, 4) is 0 Å². The summed E-state index contributed by atoms with van der Waals surface area (Å²) in [6, 6.07) is 17.2. The summed E-state index contributed by atoms with van der Waals surface area (Å²) in [7, 11) is -3.18. The van der Waals surface area contributed by atoms with E-state index in [1.807, 2.05) is 12.1 Å². The van der Waals surface area contributed by atoms with E-state index in [1.54, 1.807) is 0 Å². The molecule has 2 heterocycles. The molecule has 5 nitrogen and oxygen atoms in total. The van der Waals surface area contributed by atoms with Crippen LogP contribution in [-0.2, 0) is 23.0 Å². The topological polar surface area (TPSA) is 52.7 Å². The largest absolute Gasteiger partial charge is 0.382 e. The summed E-state index contributed by atoms with van der Waals surface area (Å²) in [6.07, 6.45) is 4.31. The first-order valence-electron chi connectivity index (χ1n) is 9.62. The second-order valence-corrected chi connectivity index (χ2v) is 9.52. The van der Waals surface area contributed by atoms with Crippen molar-refractivity contribution in [1.82, 2.24) is 4.90 Å². The van der Waals surface area contributed by atoms with Crippen LogP contribution in [0.15, 0.2) is 48.5 Å². The van der Waals surface area contributed by atoms with Gasteiger partial charge in [-0.1, -0.05) is 30.3 Å². The molecule has 2 aromatic rings. The first kappa shape index (κ1) is 18.3. The molecule has 0 aliphatic carbocycles. The summed E-state index contributed by atoms with van der Waals surface area (Å²) in [6.45, 7) is 3.77. The summed E-state index contributed by atoms with van der Waals surface area (Å²) in [4.78, 5) is 2.51. The van der Waals surface area contributed by atoms with Gasteiger partial charge in [0.05, 0.1) is 11.9 Å². The lowest BCUT2D eigenvalue weighted by molar-refractivity contribution is 0.211. The highest BCUT2D eigenvalue weighted by atomic mass is 32.2. The van der Waals surface area contributed by atoms with Crippen molar-refractivity contribution in [2.45, 2.75) is 31.8 Å². The molecular weight excluding hydrogens is 358 g/mol. The van der Waals surface area contributed by atoms with Gasteiger partial charge in [-0.05, 0) is 48.6 Å². The number of piperidine rings is 1. The Balaban J connectivity index is 1.33. The average molecular weight is 386 g/mol. The Kier molecular flexibility index (Phi) is 5.10. The van der Waals surface area contributed by atoms with E-state index in [0.29, 0.717) is 12.6 Å². The van der Waals surface area contributed by atoms with E-state index in [9.17, 15) is 8.42 Å². The highest BCUT2D eigenvalue weighted by Crippen LogP contribution is 2.32. The molecule has 1 saturated heterocycles. The third-order valence-electron chi connectivity index (χ3n) is 5.54. The van der Waals surface area contributed by atoms with Gasteiger partial charge in [0, 0.05) is 37.9 Å². The van der Waals surface area contributed by atoms with E-state index in [1.165, 1.54) is 16.1 Å². The maximum atomic E-state index is 11.9. The number of rotatable bonds is 5. The summed E-state index contributed by atoms with van der Waals surface area (Å²) >= 11 is 0. The predicted molar refractivity (Wildman–Crippen MR) is 111 cm³/mol. The highest BCUT2D eigenvalue weighted by Gasteiger charge is 2.26. The molecule has 2 aliphatic rings. The molecule has 0 saturated carbocycles. The Morgan fingerprint density at radius 3 is 2.48 bits per heavy atom. The first-order chi connectivity index (χ1) is 13.0. The van der Waals surface area contributed by atoms with Gasteiger partial charge < -0.3 is 5.32 Å². The Hall–Kier alpha value is -2.05. The van der Waals surface area contributed by atoms with Gasteiger partial charge in [-0.3, -0.25) is 9.21 Å². The second kappa shape index (κ2) is 7.52. The van der Waals surface area contributed by atoms with E-state index >= 15 is 0 Å². The first-order valence-corrected chi connectivity index (χ1v) is 11.5. The van der Waals surface area contributed by atoms with Crippen LogP contribution in [0, 0.1) is 0 Å². The molecule has 2 aromatic carbocycles. The van der Waals surface area contributed by atoms with Gasteiger partial charge in [-0.25, -0.2) is 8.42 Å². The minimum absolute atomic E-state index is 0.475. The Bertz CT molecular complexity index is 891. The molecule has 0 aromatic heterocycles. The Morgan fingerprint density at radius 2 is 1.78 bits per heavy atom. The molecular formula is C21H27N3O2S. The molecule has 4 rings (SSSR count). The molecule has 27 heavy (non-hydrogen) atoms. The predicted octanol–water partition coefficient (Wildman–Crippen LogP) is 3.09. The molecule has 0 spiro atoms. The molecule has 1 N–H and O–H groups in total. The van der Waals surface area contributed by atoms with Gasteiger partial charge in [0.1, 0.15) is 0 Å². The number of likely N-dealkylation sites (tertiary alicyclic amines) is 1. The molecule has 6 heteroatoms. The summed E-state index contributed by atoms with van der Waals surface area (Å²) in [5, 5.41) is 3.65. The molecule has 2 aliphatic heterocycles. The molecule has 1 fully saturated rings. The van der Waals surface area contributed by atoms with Gasteiger partial charge >= 0.3 is 0 Å². The number of nitrogens with zero attached hydrogens (tertiary/aromatic N) is 2. The number of hydrogen-bond acceptors (Lipinski definition) is 4. The fourth-order valence-corrected chi connectivity index (χ4v) is 5.08. The molecule has 0 amide bonds. The normalized spacial score (nSPS) is 18.5. The van der Waals surface area contributed by atoms with Crippen LogP contribution in [0.1, 0.15) is 24.0 Å². The Morgan fingerprint density at radius 1 is 1.04 bits per heavy atom. The van der Waals surface area contributed by atoms with Crippen LogP contribution >= 0.6 is 0 Å². The minimum Gasteiger partial charge on any atom is -0.382 e. The van der Waals surface area contributed by atoms with Crippen LogP contribution in [0.25, 0.3) is 0 Å². The van der Waals surface area contributed by atoms with Gasteiger partial charge in [0.15, 0.2) is 0 Å². The third kappa shape index (κ3) is 4.28. The van der Waals surface area contributed by atoms with Crippen molar-refractivity contribution in [2.24, 2.45) is 0 Å². The summed E-state index contributed by atoms with van der Waals surface area (Å²) < 4.78 is 25.2. The van der Waals surface area contributed by atoms with Crippen molar-refractivity contribution >= 4 is 21.4 Å². The van der Waals surface area contributed by atoms with E-state index < -0.39 is 10.0 Å². The van der Waals surface area contributed by atoms with Crippen LogP contribution in [-0.4, -0.2) is 45.2 Å². The zero-order chi connectivity index (χ0) is 18.9. The van der Waals surface area contributed by atoms with E-state index in [0.717, 1.165) is 55.8 Å². The van der Waals surface area contributed by atoms with Crippen molar-refractivity contribution < 1.29 is 8.42 Å². The monoisotopic (exact) mass is 385 g/mol. The van der Waals surface area contributed by atoms with Crippen LogP contribution in [0.4, 0.5) is 11.4 Å². The number of benzene rings is 2. The van der Waals surface area contributed by atoms with Gasteiger partial charge in [0.25, 0.3) is 0 Å². The minimum atomic E-state index is -3.18. The van der Waals surface area contributed by atoms with Crippen molar-refractivity contribution in [3.63, 3.8) is 0 Å². The maximum Gasteiger partial charge on any atom is 0.232 e. The number of anilines is 2. The standard InChI is InChI=1S/C21H27N3O2S/c1-27(25,26)24-14-9-18-15-20(7-8-21(18)24)22-19-10-12-23(13-11-19)16-17-5-3-2-4-6-17/h2-8,15,19,22H,9-14,16H2,1H3. The van der Waals surface area contributed by atoms with Gasteiger partial charge in [-0.2, -0.15) is 0 Å². The summed E-state index contributed by atoms with van der Waals surface area (Å²) in [5.74, 6) is 0. The number of nitrogens with one attached hydrogen (secondary N) is 1. The quantitative estimate of drug-likeness (QED) is 0.859. The van der Waals surface area contributed by atoms with Crippen molar-refractivity contribution in [2.75, 3.05) is 35.5 Å². The van der Waals surface area contributed by atoms with E-state index in [-0.39, 0.29) is 0 Å². The van der Waals surface area contributed by atoms with Gasteiger partial charge in [-0.15, -0.1) is 0 Å². The number of hydrogen-bond donors (Lipinski definition) is 1. The number of fused-ring (bicyclic) bond motifs is 1. The maximum absolute atomic E-state index is 11.9. The third-order valence-corrected chi connectivity index (χ3v) is 6.72. The zero-order valence-electron chi connectivity index (χ0n) is 15.8. The van der Waals surface area contributed by atoms with Crippen molar-refractivity contribution in [3.05, 3.63) is 59.7 Å².